The topological polar surface area (TPSA) is 110 Å². The summed E-state index contributed by atoms with van der Waals surface area (Å²) in [5.41, 5.74) is 0.636. The average Bonchev–Trinajstić information content (AvgIpc) is 2.80. The highest BCUT2D eigenvalue weighted by molar-refractivity contribution is 9.10. The molecule has 1 amide bonds. The van der Waals surface area contributed by atoms with Gasteiger partial charge >= 0.3 is 0 Å². The SMILES string of the molecule is Cc1c(Br)cnn1C(C)C(=O)Nc1ccc([N+](=O)[O-])cc1O. The predicted octanol–water partition coefficient (Wildman–Crippen LogP) is 2.77. The molecule has 0 saturated heterocycles. The molecule has 0 aliphatic carbocycles. The predicted molar refractivity (Wildman–Crippen MR) is 82.8 cm³/mol. The number of benzene rings is 1. The summed E-state index contributed by atoms with van der Waals surface area (Å²) in [5.74, 6) is -0.768. The Balaban J connectivity index is 2.18. The number of rotatable bonds is 4. The summed E-state index contributed by atoms with van der Waals surface area (Å²) < 4.78 is 2.31. The Bertz CT molecular complexity index is 744. The number of nitro groups is 1. The molecule has 0 aliphatic rings. The van der Waals surface area contributed by atoms with E-state index in [1.165, 1.54) is 16.8 Å². The van der Waals surface area contributed by atoms with Crippen molar-refractivity contribution >= 4 is 33.2 Å². The van der Waals surface area contributed by atoms with E-state index in [-0.39, 0.29) is 17.1 Å². The van der Waals surface area contributed by atoms with Crippen molar-refractivity contribution in [2.75, 3.05) is 5.32 Å². The summed E-state index contributed by atoms with van der Waals surface area (Å²) in [4.78, 5) is 22.2. The van der Waals surface area contributed by atoms with E-state index in [4.69, 9.17) is 0 Å². The van der Waals surface area contributed by atoms with Gasteiger partial charge in [0.15, 0.2) is 0 Å². The Morgan fingerprint density at radius 1 is 1.55 bits per heavy atom. The Morgan fingerprint density at radius 2 is 2.23 bits per heavy atom. The molecule has 1 heterocycles. The number of halogens is 1. The van der Waals surface area contributed by atoms with Crippen molar-refractivity contribution in [2.24, 2.45) is 0 Å². The van der Waals surface area contributed by atoms with Crippen molar-refractivity contribution in [1.29, 1.82) is 0 Å². The molecule has 0 fully saturated rings. The van der Waals surface area contributed by atoms with Crippen LogP contribution in [0.4, 0.5) is 11.4 Å². The van der Waals surface area contributed by atoms with E-state index in [0.29, 0.717) is 0 Å². The average molecular weight is 369 g/mol. The highest BCUT2D eigenvalue weighted by atomic mass is 79.9. The molecule has 2 rings (SSSR count). The van der Waals surface area contributed by atoms with Crippen LogP contribution in [0.3, 0.4) is 0 Å². The number of anilines is 1. The highest BCUT2D eigenvalue weighted by Crippen LogP contribution is 2.28. The number of nitrogens with zero attached hydrogens (tertiary/aromatic N) is 3. The molecule has 9 heteroatoms. The second-order valence-electron chi connectivity index (χ2n) is 4.65. The van der Waals surface area contributed by atoms with E-state index >= 15 is 0 Å². The van der Waals surface area contributed by atoms with Crippen molar-refractivity contribution < 1.29 is 14.8 Å². The number of aromatic hydroxyl groups is 1. The first kappa shape index (κ1) is 16.0. The second kappa shape index (κ2) is 6.14. The van der Waals surface area contributed by atoms with E-state index in [9.17, 15) is 20.0 Å². The van der Waals surface area contributed by atoms with Crippen molar-refractivity contribution in [2.45, 2.75) is 19.9 Å². The summed E-state index contributed by atoms with van der Waals surface area (Å²) in [5, 5.41) is 27.0. The molecule has 8 nitrogen and oxygen atoms in total. The number of nitrogens with one attached hydrogen (secondary N) is 1. The first-order chi connectivity index (χ1) is 10.3. The van der Waals surface area contributed by atoms with Crippen LogP contribution in [-0.4, -0.2) is 25.7 Å². The van der Waals surface area contributed by atoms with Gasteiger partial charge in [-0.1, -0.05) is 0 Å². The fourth-order valence-electron chi connectivity index (χ4n) is 1.88. The number of hydrogen-bond donors (Lipinski definition) is 2. The minimum Gasteiger partial charge on any atom is -0.506 e. The zero-order chi connectivity index (χ0) is 16.4. The summed E-state index contributed by atoms with van der Waals surface area (Å²) >= 11 is 3.31. The van der Waals surface area contributed by atoms with Gasteiger partial charge < -0.3 is 10.4 Å². The molecular formula is C13H13BrN4O4. The van der Waals surface area contributed by atoms with Gasteiger partial charge in [0.05, 0.1) is 33.0 Å². The molecule has 22 heavy (non-hydrogen) atoms. The third-order valence-corrected chi connectivity index (χ3v) is 3.96. The maximum absolute atomic E-state index is 12.2. The number of nitro benzene ring substituents is 1. The molecule has 1 aromatic carbocycles. The Kier molecular flexibility index (Phi) is 4.45. The third-order valence-electron chi connectivity index (χ3n) is 3.18. The Hall–Kier alpha value is -2.42. The second-order valence-corrected chi connectivity index (χ2v) is 5.50. The fraction of sp³-hybridized carbons (Fsp3) is 0.231. The van der Waals surface area contributed by atoms with Crippen LogP contribution in [0.5, 0.6) is 5.75 Å². The van der Waals surface area contributed by atoms with Gasteiger partial charge in [-0.15, -0.1) is 0 Å². The molecule has 0 radical (unpaired) electrons. The molecule has 0 spiro atoms. The number of phenolic OH excluding ortho intramolecular Hbond substituents is 1. The molecule has 116 valence electrons. The van der Waals surface area contributed by atoms with Gasteiger partial charge in [-0.05, 0) is 35.8 Å². The van der Waals surface area contributed by atoms with Crippen molar-refractivity contribution in [1.82, 2.24) is 9.78 Å². The lowest BCUT2D eigenvalue weighted by Gasteiger charge is -2.15. The van der Waals surface area contributed by atoms with E-state index in [1.54, 1.807) is 13.1 Å². The van der Waals surface area contributed by atoms with Crippen LogP contribution in [0.25, 0.3) is 0 Å². The maximum Gasteiger partial charge on any atom is 0.273 e. The molecule has 0 saturated carbocycles. The van der Waals surface area contributed by atoms with E-state index < -0.39 is 16.9 Å². The lowest BCUT2D eigenvalue weighted by molar-refractivity contribution is -0.384. The smallest absolute Gasteiger partial charge is 0.273 e. The van der Waals surface area contributed by atoms with E-state index in [1.807, 2.05) is 6.92 Å². The minimum absolute atomic E-state index is 0.103. The van der Waals surface area contributed by atoms with Crippen LogP contribution in [0.2, 0.25) is 0 Å². The first-order valence-corrected chi connectivity index (χ1v) is 7.08. The Morgan fingerprint density at radius 3 is 2.73 bits per heavy atom. The van der Waals surface area contributed by atoms with Gasteiger partial charge in [-0.25, -0.2) is 0 Å². The molecule has 0 aliphatic heterocycles. The van der Waals surface area contributed by atoms with Crippen LogP contribution in [0, 0.1) is 17.0 Å². The molecule has 1 aromatic heterocycles. The number of hydrogen-bond acceptors (Lipinski definition) is 5. The highest BCUT2D eigenvalue weighted by Gasteiger charge is 2.20. The van der Waals surface area contributed by atoms with Gasteiger partial charge in [0.1, 0.15) is 11.8 Å². The van der Waals surface area contributed by atoms with Crippen molar-refractivity contribution in [3.8, 4) is 5.75 Å². The van der Waals surface area contributed by atoms with Gasteiger partial charge in [0.2, 0.25) is 5.91 Å². The van der Waals surface area contributed by atoms with Gasteiger partial charge in [-0.2, -0.15) is 5.10 Å². The number of aromatic nitrogens is 2. The number of carbonyl (C=O) groups excluding carboxylic acids is 1. The van der Waals surface area contributed by atoms with Crippen LogP contribution in [0.1, 0.15) is 18.7 Å². The summed E-state index contributed by atoms with van der Waals surface area (Å²) in [7, 11) is 0. The fourth-order valence-corrected chi connectivity index (χ4v) is 2.15. The van der Waals surface area contributed by atoms with Crippen LogP contribution in [-0.2, 0) is 4.79 Å². The largest absolute Gasteiger partial charge is 0.506 e. The lowest BCUT2D eigenvalue weighted by Crippen LogP contribution is -2.25. The van der Waals surface area contributed by atoms with Crippen molar-refractivity contribution in [3.05, 3.63) is 44.7 Å². The standard InChI is InChI=1S/C13H13BrN4O4/c1-7-10(14)6-15-17(7)8(2)13(20)16-11-4-3-9(18(21)22)5-12(11)19/h3-6,8,19H,1-2H3,(H,16,20). The Labute approximate surface area is 134 Å². The number of phenols is 1. The van der Waals surface area contributed by atoms with Gasteiger partial charge in [0.25, 0.3) is 5.69 Å². The number of amides is 1. The lowest BCUT2D eigenvalue weighted by atomic mass is 10.2. The minimum atomic E-state index is -0.626. The van der Waals surface area contributed by atoms with Crippen molar-refractivity contribution in [3.63, 3.8) is 0 Å². The molecule has 1 atom stereocenters. The number of non-ortho nitro benzene ring substituents is 1. The third kappa shape index (κ3) is 3.08. The molecule has 1 unspecified atom stereocenters. The first-order valence-electron chi connectivity index (χ1n) is 6.29. The molecule has 2 N–H and O–H groups in total. The molecular weight excluding hydrogens is 356 g/mol. The number of carbonyl (C=O) groups is 1. The van der Waals surface area contributed by atoms with Crippen LogP contribution < -0.4 is 5.32 Å². The zero-order valence-electron chi connectivity index (χ0n) is 11.8. The van der Waals surface area contributed by atoms with Crippen LogP contribution in [0.15, 0.2) is 28.9 Å². The maximum atomic E-state index is 12.2. The zero-order valence-corrected chi connectivity index (χ0v) is 13.4. The molecule has 0 bridgehead atoms. The summed E-state index contributed by atoms with van der Waals surface area (Å²) in [6.45, 7) is 3.47. The monoisotopic (exact) mass is 368 g/mol. The van der Waals surface area contributed by atoms with Crippen LogP contribution >= 0.6 is 15.9 Å². The quantitative estimate of drug-likeness (QED) is 0.489. The van der Waals surface area contributed by atoms with Gasteiger partial charge in [0, 0.05) is 6.07 Å². The van der Waals surface area contributed by atoms with Gasteiger partial charge in [-0.3, -0.25) is 19.6 Å². The summed E-state index contributed by atoms with van der Waals surface area (Å²) in [6, 6.07) is 2.86. The van der Waals surface area contributed by atoms with E-state index in [0.717, 1.165) is 16.2 Å². The molecule has 2 aromatic rings. The normalized spacial score (nSPS) is 12.0. The van der Waals surface area contributed by atoms with E-state index in [2.05, 4.69) is 26.3 Å². The summed E-state index contributed by atoms with van der Waals surface area (Å²) in [6.07, 6.45) is 1.59.